The molecule has 0 saturated heterocycles. The number of amides is 2. The molecule has 0 atom stereocenters. The second-order valence-corrected chi connectivity index (χ2v) is 1.79. The van der Waals surface area contributed by atoms with Crippen LogP contribution in [0, 0.1) is 0 Å². The number of primary amides is 1. The lowest BCUT2D eigenvalue weighted by Gasteiger charge is -1.99. The Hall–Kier alpha value is -1.92. The van der Waals surface area contributed by atoms with Crippen molar-refractivity contribution in [3.05, 3.63) is 6.33 Å². The Morgan fingerprint density at radius 3 is 3.00 bits per heavy atom. The predicted octanol–water partition coefficient (Wildman–Crippen LogP) is -0.629. The zero-order valence-corrected chi connectivity index (χ0v) is 6.31. The fraction of sp³-hybridized carbons (Fsp3) is 0.200. The summed E-state index contributed by atoms with van der Waals surface area (Å²) < 4.78 is 4.68. The molecule has 0 aromatic carbocycles. The van der Waals surface area contributed by atoms with Crippen molar-refractivity contribution in [3.8, 4) is 6.01 Å². The quantitative estimate of drug-likeness (QED) is 0.613. The van der Waals surface area contributed by atoms with Gasteiger partial charge in [0.1, 0.15) is 6.33 Å². The lowest BCUT2D eigenvalue weighted by Crippen LogP contribution is -2.21. The van der Waals surface area contributed by atoms with E-state index in [9.17, 15) is 4.79 Å². The maximum atomic E-state index is 10.3. The summed E-state index contributed by atoms with van der Waals surface area (Å²) in [6.45, 7) is 0. The highest BCUT2D eigenvalue weighted by Crippen LogP contribution is 2.01. The molecule has 0 saturated carbocycles. The van der Waals surface area contributed by atoms with Gasteiger partial charge in [0.2, 0.25) is 5.95 Å². The number of nitrogens with zero attached hydrogens (tertiary/aromatic N) is 3. The van der Waals surface area contributed by atoms with Crippen molar-refractivity contribution in [3.63, 3.8) is 0 Å². The van der Waals surface area contributed by atoms with Gasteiger partial charge in [-0.15, -0.1) is 0 Å². The van der Waals surface area contributed by atoms with E-state index in [0.717, 1.165) is 0 Å². The van der Waals surface area contributed by atoms with Gasteiger partial charge >= 0.3 is 12.0 Å². The van der Waals surface area contributed by atoms with Crippen molar-refractivity contribution < 1.29 is 9.53 Å². The van der Waals surface area contributed by atoms with E-state index in [1.807, 2.05) is 0 Å². The van der Waals surface area contributed by atoms with Gasteiger partial charge in [0.25, 0.3) is 0 Å². The number of aromatic nitrogens is 3. The number of hydrogen-bond donors (Lipinski definition) is 2. The summed E-state index contributed by atoms with van der Waals surface area (Å²) in [5.41, 5.74) is 4.82. The zero-order chi connectivity index (χ0) is 8.97. The van der Waals surface area contributed by atoms with E-state index in [4.69, 9.17) is 5.73 Å². The Morgan fingerprint density at radius 1 is 1.67 bits per heavy atom. The monoisotopic (exact) mass is 169 g/mol. The highest BCUT2D eigenvalue weighted by molar-refractivity contribution is 5.85. The average molecular weight is 169 g/mol. The van der Waals surface area contributed by atoms with Crippen molar-refractivity contribution in [1.29, 1.82) is 0 Å². The molecule has 1 heterocycles. The summed E-state index contributed by atoms with van der Waals surface area (Å²) in [7, 11) is 1.41. The molecule has 0 bridgehead atoms. The molecule has 2 amide bonds. The molecule has 1 aromatic rings. The van der Waals surface area contributed by atoms with E-state index < -0.39 is 6.03 Å². The highest BCUT2D eigenvalue weighted by Gasteiger charge is 2.00. The summed E-state index contributed by atoms with van der Waals surface area (Å²) in [4.78, 5) is 21.3. The van der Waals surface area contributed by atoms with Gasteiger partial charge in [-0.2, -0.15) is 9.97 Å². The predicted molar refractivity (Wildman–Crippen MR) is 39.6 cm³/mol. The number of hydrogen-bond acceptors (Lipinski definition) is 5. The van der Waals surface area contributed by atoms with Gasteiger partial charge in [0.05, 0.1) is 7.11 Å². The first-order valence-corrected chi connectivity index (χ1v) is 3.02. The molecule has 3 N–H and O–H groups in total. The minimum Gasteiger partial charge on any atom is -0.467 e. The van der Waals surface area contributed by atoms with Crippen LogP contribution in [0.4, 0.5) is 10.7 Å². The highest BCUT2D eigenvalue weighted by atomic mass is 16.5. The van der Waals surface area contributed by atoms with Crippen LogP contribution in [0.2, 0.25) is 0 Å². The van der Waals surface area contributed by atoms with Crippen LogP contribution in [0.1, 0.15) is 0 Å². The standard InChI is InChI=1S/C5H7N5O2/c1-12-5-8-2-7-4(10-5)9-3(6)11/h2H,1H3,(H3,6,7,8,9,10,11). The number of urea groups is 1. The fourth-order valence-corrected chi connectivity index (χ4v) is 0.550. The van der Waals surface area contributed by atoms with E-state index in [1.165, 1.54) is 13.4 Å². The Bertz CT molecular complexity index is 289. The third kappa shape index (κ3) is 2.04. The Labute approximate surface area is 68.0 Å². The second-order valence-electron chi connectivity index (χ2n) is 1.79. The number of methoxy groups -OCH3 is 1. The van der Waals surface area contributed by atoms with Crippen molar-refractivity contribution in [2.45, 2.75) is 0 Å². The molecule has 7 heteroatoms. The molecule has 12 heavy (non-hydrogen) atoms. The number of carbonyl (C=O) groups is 1. The molecule has 1 rings (SSSR count). The number of rotatable bonds is 2. The molecule has 7 nitrogen and oxygen atoms in total. The van der Waals surface area contributed by atoms with Crippen LogP contribution in [0.15, 0.2) is 6.33 Å². The van der Waals surface area contributed by atoms with E-state index >= 15 is 0 Å². The molecular formula is C5H7N5O2. The first-order valence-electron chi connectivity index (χ1n) is 3.02. The number of anilines is 1. The lowest BCUT2D eigenvalue weighted by atomic mass is 10.8. The summed E-state index contributed by atoms with van der Waals surface area (Å²) in [6.07, 6.45) is 1.21. The Balaban J connectivity index is 2.79. The Morgan fingerprint density at radius 2 is 2.42 bits per heavy atom. The van der Waals surface area contributed by atoms with Crippen LogP contribution in [0.5, 0.6) is 6.01 Å². The second kappa shape index (κ2) is 3.46. The van der Waals surface area contributed by atoms with Crippen molar-refractivity contribution in [2.24, 2.45) is 5.73 Å². The lowest BCUT2D eigenvalue weighted by molar-refractivity contribution is 0.259. The van der Waals surface area contributed by atoms with Crippen LogP contribution >= 0.6 is 0 Å². The van der Waals surface area contributed by atoms with Gasteiger partial charge in [0, 0.05) is 0 Å². The molecule has 1 aromatic heterocycles. The molecule has 0 aliphatic rings. The number of ether oxygens (including phenoxy) is 1. The third-order valence-corrected chi connectivity index (χ3v) is 0.967. The smallest absolute Gasteiger partial charge is 0.320 e. The molecule has 0 unspecified atom stereocenters. The Kier molecular flexibility index (Phi) is 2.36. The van der Waals surface area contributed by atoms with Gasteiger partial charge < -0.3 is 10.5 Å². The van der Waals surface area contributed by atoms with E-state index in [2.05, 4.69) is 25.0 Å². The third-order valence-electron chi connectivity index (χ3n) is 0.967. The fourth-order valence-electron chi connectivity index (χ4n) is 0.550. The van der Waals surface area contributed by atoms with Crippen LogP contribution < -0.4 is 15.8 Å². The van der Waals surface area contributed by atoms with Crippen molar-refractivity contribution >= 4 is 12.0 Å². The van der Waals surface area contributed by atoms with Crippen LogP contribution in [0.3, 0.4) is 0 Å². The van der Waals surface area contributed by atoms with Gasteiger partial charge in [-0.05, 0) is 0 Å². The summed E-state index contributed by atoms with van der Waals surface area (Å²) in [5.74, 6) is 0.0642. The number of nitrogens with one attached hydrogen (secondary N) is 1. The molecule has 0 aliphatic heterocycles. The number of nitrogens with two attached hydrogens (primary N) is 1. The van der Waals surface area contributed by atoms with Crippen LogP contribution in [-0.4, -0.2) is 28.1 Å². The normalized spacial score (nSPS) is 9.08. The topological polar surface area (TPSA) is 103 Å². The molecule has 0 fully saturated rings. The molecule has 0 aliphatic carbocycles. The number of carbonyl (C=O) groups excluding carboxylic acids is 1. The first kappa shape index (κ1) is 8.18. The minimum atomic E-state index is -0.733. The van der Waals surface area contributed by atoms with Crippen LogP contribution in [-0.2, 0) is 0 Å². The van der Waals surface area contributed by atoms with E-state index in [1.54, 1.807) is 0 Å². The summed E-state index contributed by atoms with van der Waals surface area (Å²) in [6, 6.07) is -0.614. The largest absolute Gasteiger partial charge is 0.467 e. The molecule has 64 valence electrons. The van der Waals surface area contributed by atoms with Gasteiger partial charge in [-0.1, -0.05) is 0 Å². The van der Waals surface area contributed by atoms with Crippen molar-refractivity contribution in [1.82, 2.24) is 15.0 Å². The van der Waals surface area contributed by atoms with Gasteiger partial charge in [0.15, 0.2) is 0 Å². The minimum absolute atomic E-state index is 0.0642. The SMILES string of the molecule is COc1ncnc(NC(N)=O)n1. The van der Waals surface area contributed by atoms with E-state index in [-0.39, 0.29) is 12.0 Å². The average Bonchev–Trinajstić information content (AvgIpc) is 2.03. The summed E-state index contributed by atoms with van der Waals surface area (Å²) >= 11 is 0. The molecule has 0 radical (unpaired) electrons. The van der Waals surface area contributed by atoms with Gasteiger partial charge in [-0.25, -0.2) is 9.78 Å². The van der Waals surface area contributed by atoms with E-state index in [0.29, 0.717) is 0 Å². The maximum Gasteiger partial charge on any atom is 0.320 e. The van der Waals surface area contributed by atoms with Crippen molar-refractivity contribution in [2.75, 3.05) is 12.4 Å². The van der Waals surface area contributed by atoms with Crippen LogP contribution in [0.25, 0.3) is 0 Å². The first-order chi connectivity index (χ1) is 5.72. The zero-order valence-electron chi connectivity index (χ0n) is 6.31. The molecular weight excluding hydrogens is 162 g/mol. The molecule has 0 spiro atoms. The maximum absolute atomic E-state index is 10.3. The summed E-state index contributed by atoms with van der Waals surface area (Å²) in [5, 5.41) is 2.18. The van der Waals surface area contributed by atoms with Gasteiger partial charge in [-0.3, -0.25) is 5.32 Å².